The number of aromatic hydroxyl groups is 2. The molecule has 0 spiro atoms. The molecule has 2 N–H and O–H groups in total. The number of phenolic OH excluding ortho intramolecular Hbond substituents is 2. The summed E-state index contributed by atoms with van der Waals surface area (Å²) in [5, 5.41) is 84.5. The van der Waals surface area contributed by atoms with Gasteiger partial charge in [0.05, 0.1) is 66.0 Å². The van der Waals surface area contributed by atoms with E-state index in [2.05, 4.69) is 39.7 Å². The number of ether oxygens (including phenoxy) is 1. The van der Waals surface area contributed by atoms with Crippen LogP contribution in [0.3, 0.4) is 0 Å². The first-order valence-corrected chi connectivity index (χ1v) is 17.6. The molecule has 2 aromatic heterocycles. The van der Waals surface area contributed by atoms with E-state index in [0.29, 0.717) is 37.4 Å². The van der Waals surface area contributed by atoms with Crippen LogP contribution in [-0.2, 0) is 9.53 Å². The van der Waals surface area contributed by atoms with Crippen LogP contribution in [0, 0.1) is 60.7 Å². The number of piperazine rings is 1. The Morgan fingerprint density at radius 1 is 0.667 bits per heavy atom. The van der Waals surface area contributed by atoms with Crippen LogP contribution in [0.4, 0.5) is 34.1 Å². The summed E-state index contributed by atoms with van der Waals surface area (Å²) in [6.07, 6.45) is 0. The summed E-state index contributed by atoms with van der Waals surface area (Å²) in [6.45, 7) is 6.91. The average Bonchev–Trinajstić information content (AvgIpc) is 3.88. The molecule has 302 valence electrons. The normalized spacial score (nSPS) is 12.5. The Morgan fingerprint density at radius 2 is 1.04 bits per heavy atom. The molecule has 1 aliphatic heterocycles. The molecule has 2 aromatic carbocycles. The van der Waals surface area contributed by atoms with E-state index in [-0.39, 0.29) is 5.97 Å². The highest BCUT2D eigenvalue weighted by molar-refractivity contribution is 7.13. The molecule has 0 unspecified atom stereocenters. The first-order valence-electron chi connectivity index (χ1n) is 15.9. The monoisotopic (exact) mass is 834 g/mol. The van der Waals surface area contributed by atoms with Crippen LogP contribution in [0.2, 0.25) is 0 Å². The molecular formula is C31H30N8O16S2. The third kappa shape index (κ3) is 11.7. The fourth-order valence-electron chi connectivity index (χ4n) is 4.90. The highest BCUT2D eigenvalue weighted by Gasteiger charge is 2.31. The van der Waals surface area contributed by atoms with Crippen molar-refractivity contribution in [3.05, 3.63) is 135 Å². The standard InChI is InChI=1S/C19H24N2O2S2.2C6H3N3O7/c1-3-23-19(22)15(14-21-10-8-20(2)9-11-21)18(16-6-4-12-24-16)17-7-5-13-25-17;2*10-6-4(8(13)14)1-3(7(11)12)2-5(6)9(15)16/h4-7,12-13H,3,8-11,14H2,1-2H3;2*1-2,10H. The van der Waals surface area contributed by atoms with Crippen molar-refractivity contribution in [3.8, 4) is 11.5 Å². The summed E-state index contributed by atoms with van der Waals surface area (Å²) in [4.78, 5) is 75.3. The zero-order valence-corrected chi connectivity index (χ0v) is 31.2. The second-order valence-electron chi connectivity index (χ2n) is 11.3. The summed E-state index contributed by atoms with van der Waals surface area (Å²) >= 11 is 3.34. The molecular weight excluding hydrogens is 805 g/mol. The third-order valence-electron chi connectivity index (χ3n) is 7.65. The molecule has 5 rings (SSSR count). The van der Waals surface area contributed by atoms with Gasteiger partial charge >= 0.3 is 28.7 Å². The number of non-ortho nitro benzene ring substituents is 2. The van der Waals surface area contributed by atoms with Gasteiger partial charge in [-0.25, -0.2) is 4.79 Å². The van der Waals surface area contributed by atoms with E-state index >= 15 is 0 Å². The number of benzene rings is 2. The Kier molecular flexibility index (Phi) is 15.6. The van der Waals surface area contributed by atoms with Gasteiger partial charge in [-0.05, 0) is 36.9 Å². The SMILES string of the molecule is CCOC(=O)C(CN1CCN(C)CC1)=C(c1cccs1)c1cccs1.O=[N+]([O-])c1cc([N+](=O)[O-])c(O)c([N+](=O)[O-])c1.O=[N+]([O-])c1cc([N+](=O)[O-])c(O)c([N+](=O)[O-])c1. The van der Waals surface area contributed by atoms with Gasteiger partial charge < -0.3 is 19.8 Å². The first kappa shape index (κ1) is 44.4. The van der Waals surface area contributed by atoms with E-state index in [1.165, 1.54) is 0 Å². The molecule has 1 fully saturated rings. The highest BCUT2D eigenvalue weighted by Crippen LogP contribution is 2.40. The number of phenols is 2. The molecule has 3 heterocycles. The maximum atomic E-state index is 12.8. The Hall–Kier alpha value is -7.03. The minimum absolute atomic E-state index is 0.196. The summed E-state index contributed by atoms with van der Waals surface area (Å²) in [6, 6.07) is 10.0. The molecule has 0 saturated carbocycles. The Bertz CT molecular complexity index is 1990. The predicted octanol–water partition coefficient (Wildman–Crippen LogP) is 5.66. The maximum Gasteiger partial charge on any atom is 0.336 e. The van der Waals surface area contributed by atoms with Crippen molar-refractivity contribution < 1.29 is 49.3 Å². The number of carbonyl (C=O) groups excluding carboxylic acids is 1. The minimum atomic E-state index is -1.21. The summed E-state index contributed by atoms with van der Waals surface area (Å²) in [5.41, 5.74) is -4.20. The number of hydrogen-bond donors (Lipinski definition) is 2. The molecule has 0 bridgehead atoms. The molecule has 26 heteroatoms. The maximum absolute atomic E-state index is 12.8. The van der Waals surface area contributed by atoms with Gasteiger partial charge in [0.1, 0.15) is 0 Å². The van der Waals surface area contributed by atoms with Gasteiger partial charge in [0, 0.05) is 48.1 Å². The van der Waals surface area contributed by atoms with Crippen LogP contribution < -0.4 is 0 Å². The molecule has 1 aliphatic rings. The average molecular weight is 835 g/mol. The van der Waals surface area contributed by atoms with Crippen molar-refractivity contribution in [2.24, 2.45) is 0 Å². The molecule has 0 atom stereocenters. The van der Waals surface area contributed by atoms with Crippen molar-refractivity contribution in [1.29, 1.82) is 0 Å². The van der Waals surface area contributed by atoms with Gasteiger partial charge in [0.2, 0.25) is 0 Å². The van der Waals surface area contributed by atoms with Crippen molar-refractivity contribution in [2.75, 3.05) is 46.4 Å². The van der Waals surface area contributed by atoms with E-state index in [0.717, 1.165) is 47.1 Å². The fraction of sp³-hybridized carbons (Fsp3) is 0.258. The summed E-state index contributed by atoms with van der Waals surface area (Å²) < 4.78 is 5.42. The molecule has 0 radical (unpaired) electrons. The van der Waals surface area contributed by atoms with Gasteiger partial charge in [-0.2, -0.15) is 0 Å². The number of nitrogens with zero attached hydrogens (tertiary/aromatic N) is 8. The van der Waals surface area contributed by atoms with E-state index in [9.17, 15) is 65.5 Å². The molecule has 57 heavy (non-hydrogen) atoms. The molecule has 24 nitrogen and oxygen atoms in total. The molecule has 0 amide bonds. The molecule has 1 saturated heterocycles. The zero-order valence-electron chi connectivity index (χ0n) is 29.5. The fourth-order valence-corrected chi connectivity index (χ4v) is 6.59. The van der Waals surface area contributed by atoms with Crippen molar-refractivity contribution in [1.82, 2.24) is 9.80 Å². The number of rotatable bonds is 12. The van der Waals surface area contributed by atoms with Gasteiger partial charge in [-0.15, -0.1) is 22.7 Å². The highest BCUT2D eigenvalue weighted by atomic mass is 32.1. The first-order chi connectivity index (χ1) is 26.9. The second kappa shape index (κ2) is 20.0. The number of hydrogen-bond acceptors (Lipinski definition) is 20. The summed E-state index contributed by atoms with van der Waals surface area (Å²) in [7, 11) is 2.14. The number of likely N-dealkylation sites (N-methyl/N-ethyl adjacent to an activating group) is 1. The Balaban J connectivity index is 0.000000240. The van der Waals surface area contributed by atoms with Gasteiger partial charge in [0.25, 0.3) is 22.9 Å². The van der Waals surface area contributed by atoms with Crippen LogP contribution in [-0.4, -0.2) is 102 Å². The lowest BCUT2D eigenvalue weighted by molar-refractivity contribution is -0.404. The van der Waals surface area contributed by atoms with Crippen molar-refractivity contribution >= 4 is 68.3 Å². The summed E-state index contributed by atoms with van der Waals surface area (Å²) in [5.74, 6) is -2.61. The number of nitro benzene ring substituents is 6. The Morgan fingerprint density at radius 3 is 1.32 bits per heavy atom. The largest absolute Gasteiger partial charge is 0.497 e. The lowest BCUT2D eigenvalue weighted by Crippen LogP contribution is -2.45. The molecule has 0 aliphatic carbocycles. The van der Waals surface area contributed by atoms with Gasteiger partial charge in [0.15, 0.2) is 0 Å². The molecule has 4 aromatic rings. The van der Waals surface area contributed by atoms with Crippen LogP contribution in [0.25, 0.3) is 5.57 Å². The van der Waals surface area contributed by atoms with Crippen molar-refractivity contribution in [2.45, 2.75) is 6.92 Å². The number of nitro groups is 6. The lowest BCUT2D eigenvalue weighted by atomic mass is 10.0. The minimum Gasteiger partial charge on any atom is -0.497 e. The van der Waals surface area contributed by atoms with Crippen molar-refractivity contribution in [3.63, 3.8) is 0 Å². The van der Waals surface area contributed by atoms with Gasteiger partial charge in [-0.1, -0.05) is 12.1 Å². The van der Waals surface area contributed by atoms with E-state index in [1.54, 1.807) is 22.7 Å². The predicted molar refractivity (Wildman–Crippen MR) is 201 cm³/mol. The number of thiophene rings is 2. The topological polar surface area (TPSA) is 332 Å². The number of carbonyl (C=O) groups is 1. The quantitative estimate of drug-likeness (QED) is 0.0752. The zero-order chi connectivity index (χ0) is 42.6. The van der Waals surface area contributed by atoms with E-state index in [1.807, 2.05) is 19.1 Å². The van der Waals surface area contributed by atoms with Crippen LogP contribution in [0.1, 0.15) is 16.7 Å². The third-order valence-corrected chi connectivity index (χ3v) is 9.43. The lowest BCUT2D eigenvalue weighted by Gasteiger charge is -2.33. The smallest absolute Gasteiger partial charge is 0.336 e. The Labute approximate surface area is 327 Å². The van der Waals surface area contributed by atoms with Crippen LogP contribution in [0.5, 0.6) is 11.5 Å². The van der Waals surface area contributed by atoms with Crippen LogP contribution in [0.15, 0.2) is 64.9 Å². The second-order valence-corrected chi connectivity index (χ2v) is 13.2. The van der Waals surface area contributed by atoms with Gasteiger partial charge in [-0.3, -0.25) is 65.6 Å². The van der Waals surface area contributed by atoms with E-state index < -0.39 is 75.2 Å². The van der Waals surface area contributed by atoms with Crippen LogP contribution >= 0.6 is 22.7 Å². The number of esters is 1. The van der Waals surface area contributed by atoms with E-state index in [4.69, 9.17) is 14.9 Å².